The number of imide groups is 1. The molecule has 0 aliphatic carbocycles. The molecule has 2 aromatic heterocycles. The van der Waals surface area contributed by atoms with Gasteiger partial charge >= 0.3 is 12.0 Å². The van der Waals surface area contributed by atoms with Crippen LogP contribution in [0.15, 0.2) is 30.5 Å². The molecule has 2 rings (SSSR count). The number of aromatic nitrogens is 2. The van der Waals surface area contributed by atoms with Crippen LogP contribution in [0.3, 0.4) is 0 Å². The molecule has 0 aliphatic rings. The maximum Gasteiger partial charge on any atom is 0.331 e. The minimum atomic E-state index is -0.746. The second-order valence-electron chi connectivity index (χ2n) is 5.49. The minimum Gasteiger partial charge on any atom is -0.452 e. The number of esters is 1. The summed E-state index contributed by atoms with van der Waals surface area (Å²) in [5.41, 5.74) is 1.15. The van der Waals surface area contributed by atoms with Gasteiger partial charge in [0.2, 0.25) is 0 Å². The normalized spacial score (nSPS) is 12.1. The molecule has 0 unspecified atom stereocenters. The molecule has 8 nitrogen and oxygen atoms in total. The lowest BCUT2D eigenvalue weighted by atomic mass is 10.3. The summed E-state index contributed by atoms with van der Waals surface area (Å²) < 4.78 is 6.50. The van der Waals surface area contributed by atoms with Gasteiger partial charge in [0.1, 0.15) is 5.65 Å². The number of rotatable bonds is 6. The number of hydrogen-bond acceptors (Lipinski definition) is 5. The molecule has 0 fully saturated rings. The molecule has 1 atom stereocenters. The van der Waals surface area contributed by atoms with Crippen LogP contribution >= 0.6 is 11.6 Å². The van der Waals surface area contributed by atoms with Gasteiger partial charge in [0.05, 0.1) is 5.69 Å². The van der Waals surface area contributed by atoms with Gasteiger partial charge in [0, 0.05) is 18.3 Å². The average molecular weight is 379 g/mol. The number of hydrogen-bond donors (Lipinski definition) is 2. The first-order chi connectivity index (χ1) is 12.4. The summed E-state index contributed by atoms with van der Waals surface area (Å²) in [6.07, 6.45) is 5.06. The van der Waals surface area contributed by atoms with E-state index >= 15 is 0 Å². The Morgan fingerprint density at radius 2 is 2.15 bits per heavy atom. The molecule has 2 N–H and O–H groups in total. The van der Waals surface area contributed by atoms with Gasteiger partial charge in [-0.05, 0) is 31.6 Å². The average Bonchev–Trinajstić information content (AvgIpc) is 2.93. The van der Waals surface area contributed by atoms with Crippen LogP contribution in [-0.4, -0.2) is 39.9 Å². The quantitative estimate of drug-likeness (QED) is 0.592. The predicted molar refractivity (Wildman–Crippen MR) is 96.6 cm³/mol. The van der Waals surface area contributed by atoms with Gasteiger partial charge in [-0.3, -0.25) is 14.5 Å². The molecule has 138 valence electrons. The van der Waals surface area contributed by atoms with Crippen LogP contribution in [0.1, 0.15) is 26.0 Å². The topological polar surface area (TPSA) is 102 Å². The second-order valence-corrected chi connectivity index (χ2v) is 5.85. The molecule has 9 heteroatoms. The Morgan fingerprint density at radius 1 is 1.38 bits per heavy atom. The van der Waals surface area contributed by atoms with Gasteiger partial charge in [-0.2, -0.15) is 0 Å². The van der Waals surface area contributed by atoms with Crippen molar-refractivity contribution in [3.05, 3.63) is 41.3 Å². The maximum absolute atomic E-state index is 11.7. The highest BCUT2D eigenvalue weighted by Crippen LogP contribution is 2.18. The predicted octanol–water partition coefficient (Wildman–Crippen LogP) is 2.17. The zero-order valence-electron chi connectivity index (χ0n) is 14.4. The number of ether oxygens (including phenoxy) is 1. The summed E-state index contributed by atoms with van der Waals surface area (Å²) in [7, 11) is 0. The molecule has 0 bridgehead atoms. The number of fused-ring (bicyclic) bond motifs is 1. The Kier molecular flexibility index (Phi) is 6.74. The Bertz CT molecular complexity index is 846. The second kappa shape index (κ2) is 9.00. The standard InChI is InChI=1S/C17H19ClN4O4/c1-3-11(2)19-17(25)21-14(23)10-26-15(24)8-7-12-16(18)20-13-6-4-5-9-22(12)13/h4-9,11H,3,10H2,1-2H3,(H2,19,21,23,25)/b8-7+/t11-/m0/s1. The zero-order valence-corrected chi connectivity index (χ0v) is 15.1. The van der Waals surface area contributed by atoms with Crippen LogP contribution in [0.5, 0.6) is 0 Å². The van der Waals surface area contributed by atoms with E-state index in [0.717, 1.165) is 12.5 Å². The SMILES string of the molecule is CC[C@H](C)NC(=O)NC(=O)COC(=O)/C=C/c1c(Cl)nc2ccccn12. The summed E-state index contributed by atoms with van der Waals surface area (Å²) in [6, 6.07) is 4.69. The van der Waals surface area contributed by atoms with E-state index in [1.165, 1.54) is 6.08 Å². The number of nitrogens with one attached hydrogen (secondary N) is 2. The van der Waals surface area contributed by atoms with Crippen LogP contribution < -0.4 is 10.6 Å². The Morgan fingerprint density at radius 3 is 2.88 bits per heavy atom. The van der Waals surface area contributed by atoms with E-state index < -0.39 is 24.5 Å². The van der Waals surface area contributed by atoms with Gasteiger partial charge < -0.3 is 10.1 Å². The molecule has 0 saturated heterocycles. The lowest BCUT2D eigenvalue weighted by Gasteiger charge is -2.11. The number of imidazole rings is 1. The number of pyridine rings is 1. The highest BCUT2D eigenvalue weighted by molar-refractivity contribution is 6.31. The fourth-order valence-electron chi connectivity index (χ4n) is 1.99. The Labute approximate surface area is 155 Å². The largest absolute Gasteiger partial charge is 0.452 e. The lowest BCUT2D eigenvalue weighted by Crippen LogP contribution is -2.44. The van der Waals surface area contributed by atoms with Crippen LogP contribution in [0, 0.1) is 0 Å². The number of amides is 3. The van der Waals surface area contributed by atoms with Crippen molar-refractivity contribution in [1.82, 2.24) is 20.0 Å². The summed E-state index contributed by atoms with van der Waals surface area (Å²) in [6.45, 7) is 3.13. The zero-order chi connectivity index (χ0) is 19.1. The third kappa shape index (κ3) is 5.32. The van der Waals surface area contributed by atoms with Crippen LogP contribution in [0.2, 0.25) is 5.15 Å². The van der Waals surface area contributed by atoms with E-state index in [2.05, 4.69) is 15.6 Å². The third-order valence-corrected chi connectivity index (χ3v) is 3.77. The molecule has 0 aromatic carbocycles. The molecule has 0 radical (unpaired) electrons. The van der Waals surface area contributed by atoms with E-state index in [0.29, 0.717) is 11.3 Å². The molecular weight excluding hydrogens is 360 g/mol. The fourth-order valence-corrected chi connectivity index (χ4v) is 2.23. The van der Waals surface area contributed by atoms with Gasteiger partial charge in [-0.15, -0.1) is 0 Å². The maximum atomic E-state index is 11.7. The van der Waals surface area contributed by atoms with Gasteiger partial charge in [-0.1, -0.05) is 24.6 Å². The molecule has 2 heterocycles. The first-order valence-corrected chi connectivity index (χ1v) is 8.36. The van der Waals surface area contributed by atoms with Gasteiger partial charge in [0.25, 0.3) is 5.91 Å². The van der Waals surface area contributed by atoms with Gasteiger partial charge in [0.15, 0.2) is 11.8 Å². The van der Waals surface area contributed by atoms with Gasteiger partial charge in [-0.25, -0.2) is 14.6 Å². The summed E-state index contributed by atoms with van der Waals surface area (Å²) in [5, 5.41) is 4.88. The lowest BCUT2D eigenvalue weighted by molar-refractivity contribution is -0.143. The highest BCUT2D eigenvalue weighted by Gasteiger charge is 2.12. The molecule has 0 saturated carbocycles. The van der Waals surface area contributed by atoms with E-state index in [4.69, 9.17) is 16.3 Å². The van der Waals surface area contributed by atoms with Crippen molar-refractivity contribution in [2.45, 2.75) is 26.3 Å². The van der Waals surface area contributed by atoms with Crippen molar-refractivity contribution in [2.24, 2.45) is 0 Å². The summed E-state index contributed by atoms with van der Waals surface area (Å²) in [4.78, 5) is 39.0. The molecule has 2 aromatic rings. The van der Waals surface area contributed by atoms with Crippen LogP contribution in [0.4, 0.5) is 4.79 Å². The van der Waals surface area contributed by atoms with Crippen molar-refractivity contribution >= 4 is 41.2 Å². The fraction of sp³-hybridized carbons (Fsp3) is 0.294. The third-order valence-electron chi connectivity index (χ3n) is 3.49. The highest BCUT2D eigenvalue weighted by atomic mass is 35.5. The molecule has 0 aliphatic heterocycles. The van der Waals surface area contributed by atoms with Crippen molar-refractivity contribution in [3.63, 3.8) is 0 Å². The van der Waals surface area contributed by atoms with E-state index in [1.54, 1.807) is 29.7 Å². The smallest absolute Gasteiger partial charge is 0.331 e. The molecular formula is C17H19ClN4O4. The Hall–Kier alpha value is -2.87. The van der Waals surface area contributed by atoms with Crippen LogP contribution in [-0.2, 0) is 14.3 Å². The number of halogens is 1. The number of carbonyl (C=O) groups is 3. The number of urea groups is 1. The summed E-state index contributed by atoms with van der Waals surface area (Å²) >= 11 is 6.05. The molecule has 26 heavy (non-hydrogen) atoms. The van der Waals surface area contributed by atoms with Crippen molar-refractivity contribution in [2.75, 3.05) is 6.61 Å². The minimum absolute atomic E-state index is 0.0662. The van der Waals surface area contributed by atoms with Crippen molar-refractivity contribution in [3.8, 4) is 0 Å². The Balaban J connectivity index is 1.86. The van der Waals surface area contributed by atoms with Crippen LogP contribution in [0.25, 0.3) is 11.7 Å². The van der Waals surface area contributed by atoms with E-state index in [9.17, 15) is 14.4 Å². The van der Waals surface area contributed by atoms with E-state index in [-0.39, 0.29) is 11.2 Å². The first kappa shape index (κ1) is 19.5. The molecule has 0 spiro atoms. The first-order valence-electron chi connectivity index (χ1n) is 7.98. The van der Waals surface area contributed by atoms with Crippen molar-refractivity contribution in [1.29, 1.82) is 0 Å². The van der Waals surface area contributed by atoms with E-state index in [1.807, 2.05) is 13.0 Å². The molecule has 3 amide bonds. The monoisotopic (exact) mass is 378 g/mol. The number of carbonyl (C=O) groups excluding carboxylic acids is 3. The van der Waals surface area contributed by atoms with Crippen molar-refractivity contribution < 1.29 is 19.1 Å². The summed E-state index contributed by atoms with van der Waals surface area (Å²) in [5.74, 6) is -1.47. The number of nitrogens with zero attached hydrogens (tertiary/aromatic N) is 2.